The SMILES string of the molecule is Cc1nc(CNS(=O)(=O)c2cnc[nH]2)no1. The van der Waals surface area contributed by atoms with E-state index in [0.29, 0.717) is 5.89 Å². The van der Waals surface area contributed by atoms with Gasteiger partial charge in [0.2, 0.25) is 5.89 Å². The Bertz CT molecular complexity index is 559. The van der Waals surface area contributed by atoms with Crippen LogP contribution in [-0.4, -0.2) is 28.5 Å². The molecule has 2 heterocycles. The highest BCUT2D eigenvalue weighted by Crippen LogP contribution is 2.03. The molecule has 0 fully saturated rings. The van der Waals surface area contributed by atoms with Crippen molar-refractivity contribution >= 4 is 10.0 Å². The van der Waals surface area contributed by atoms with Gasteiger partial charge in [-0.2, -0.15) is 4.98 Å². The van der Waals surface area contributed by atoms with Crippen LogP contribution >= 0.6 is 0 Å². The van der Waals surface area contributed by atoms with E-state index >= 15 is 0 Å². The number of aromatic amines is 1. The molecule has 16 heavy (non-hydrogen) atoms. The molecule has 0 radical (unpaired) electrons. The average molecular weight is 243 g/mol. The van der Waals surface area contributed by atoms with E-state index in [9.17, 15) is 8.42 Å². The highest BCUT2D eigenvalue weighted by Gasteiger charge is 2.16. The summed E-state index contributed by atoms with van der Waals surface area (Å²) >= 11 is 0. The number of imidazole rings is 1. The fraction of sp³-hybridized carbons (Fsp3) is 0.286. The number of H-pyrrole nitrogens is 1. The van der Waals surface area contributed by atoms with Crippen molar-refractivity contribution in [1.29, 1.82) is 0 Å². The van der Waals surface area contributed by atoms with Crippen LogP contribution < -0.4 is 4.72 Å². The summed E-state index contributed by atoms with van der Waals surface area (Å²) in [6.07, 6.45) is 2.50. The highest BCUT2D eigenvalue weighted by molar-refractivity contribution is 7.89. The normalized spacial score (nSPS) is 11.8. The molecule has 8 nitrogen and oxygen atoms in total. The molecule has 0 atom stereocenters. The summed E-state index contributed by atoms with van der Waals surface area (Å²) in [5.41, 5.74) is 0. The Kier molecular flexibility index (Phi) is 2.71. The van der Waals surface area contributed by atoms with Crippen LogP contribution in [0.4, 0.5) is 0 Å². The molecule has 0 aliphatic carbocycles. The Hall–Kier alpha value is -1.74. The van der Waals surface area contributed by atoms with Crippen LogP contribution in [0.1, 0.15) is 11.7 Å². The first-order valence-electron chi connectivity index (χ1n) is 4.35. The zero-order chi connectivity index (χ0) is 11.6. The second kappa shape index (κ2) is 4.02. The number of nitrogens with one attached hydrogen (secondary N) is 2. The monoisotopic (exact) mass is 243 g/mol. The average Bonchev–Trinajstić information content (AvgIpc) is 2.85. The molecule has 2 aromatic rings. The fourth-order valence-electron chi connectivity index (χ4n) is 1.04. The summed E-state index contributed by atoms with van der Waals surface area (Å²) in [6.45, 7) is 1.60. The van der Waals surface area contributed by atoms with Gasteiger partial charge in [-0.1, -0.05) is 5.16 Å². The van der Waals surface area contributed by atoms with E-state index in [1.807, 2.05) is 0 Å². The molecule has 0 aromatic carbocycles. The highest BCUT2D eigenvalue weighted by atomic mass is 32.2. The largest absolute Gasteiger partial charge is 0.340 e. The lowest BCUT2D eigenvalue weighted by Crippen LogP contribution is -2.24. The van der Waals surface area contributed by atoms with E-state index in [1.54, 1.807) is 6.92 Å². The molecule has 0 unspecified atom stereocenters. The molecule has 0 aliphatic heterocycles. The molecule has 0 bridgehead atoms. The van der Waals surface area contributed by atoms with E-state index in [0.717, 1.165) is 0 Å². The smallest absolute Gasteiger partial charge is 0.258 e. The lowest BCUT2D eigenvalue weighted by Gasteiger charge is -2.00. The lowest BCUT2D eigenvalue weighted by atomic mass is 10.6. The van der Waals surface area contributed by atoms with Crippen molar-refractivity contribution in [1.82, 2.24) is 24.8 Å². The van der Waals surface area contributed by atoms with Crippen molar-refractivity contribution in [2.75, 3.05) is 0 Å². The number of nitrogens with zero attached hydrogens (tertiary/aromatic N) is 3. The molecule has 0 spiro atoms. The second-order valence-corrected chi connectivity index (χ2v) is 4.71. The minimum atomic E-state index is -3.60. The zero-order valence-electron chi connectivity index (χ0n) is 8.34. The molecular weight excluding hydrogens is 234 g/mol. The van der Waals surface area contributed by atoms with E-state index in [4.69, 9.17) is 4.52 Å². The third-order valence-electron chi connectivity index (χ3n) is 1.75. The summed E-state index contributed by atoms with van der Waals surface area (Å²) in [5, 5.41) is 3.55. The van der Waals surface area contributed by atoms with Crippen molar-refractivity contribution in [3.8, 4) is 0 Å². The van der Waals surface area contributed by atoms with Crippen LogP contribution in [0.5, 0.6) is 0 Å². The minimum absolute atomic E-state index is 0.00674. The Balaban J connectivity index is 2.06. The van der Waals surface area contributed by atoms with E-state index in [-0.39, 0.29) is 17.4 Å². The maximum atomic E-state index is 11.6. The molecule has 0 saturated heterocycles. The number of rotatable bonds is 4. The van der Waals surface area contributed by atoms with Crippen LogP contribution in [0.25, 0.3) is 0 Å². The summed E-state index contributed by atoms with van der Waals surface area (Å²) in [5.74, 6) is 0.663. The Morgan fingerprint density at radius 2 is 2.38 bits per heavy atom. The lowest BCUT2D eigenvalue weighted by molar-refractivity contribution is 0.387. The van der Waals surface area contributed by atoms with Gasteiger partial charge in [-0.15, -0.1) is 0 Å². The third kappa shape index (κ3) is 2.25. The van der Waals surface area contributed by atoms with Crippen molar-refractivity contribution in [3.05, 3.63) is 24.2 Å². The molecule has 2 N–H and O–H groups in total. The van der Waals surface area contributed by atoms with Gasteiger partial charge in [0.15, 0.2) is 10.9 Å². The number of sulfonamides is 1. The van der Waals surface area contributed by atoms with Gasteiger partial charge in [-0.3, -0.25) is 0 Å². The quantitative estimate of drug-likeness (QED) is 0.753. The van der Waals surface area contributed by atoms with Gasteiger partial charge >= 0.3 is 0 Å². The van der Waals surface area contributed by atoms with E-state index < -0.39 is 10.0 Å². The number of hydrogen-bond acceptors (Lipinski definition) is 6. The standard InChI is InChI=1S/C7H9N5O3S/c1-5-11-6(12-15-5)2-10-16(13,14)7-3-8-4-9-7/h3-4,10H,2H2,1H3,(H,8,9). The van der Waals surface area contributed by atoms with Gasteiger partial charge in [-0.25, -0.2) is 18.1 Å². The van der Waals surface area contributed by atoms with Crippen molar-refractivity contribution in [3.63, 3.8) is 0 Å². The molecule has 0 saturated carbocycles. The van der Waals surface area contributed by atoms with Gasteiger partial charge in [-0.05, 0) is 0 Å². The Labute approximate surface area is 91.1 Å². The second-order valence-electron chi connectivity index (χ2n) is 2.97. The summed E-state index contributed by atoms with van der Waals surface area (Å²) in [4.78, 5) is 9.98. The number of aryl methyl sites for hydroxylation is 1. The van der Waals surface area contributed by atoms with Crippen molar-refractivity contribution in [2.24, 2.45) is 0 Å². The maximum absolute atomic E-state index is 11.6. The molecular formula is C7H9N5O3S. The van der Waals surface area contributed by atoms with Gasteiger partial charge in [0.25, 0.3) is 10.0 Å². The van der Waals surface area contributed by atoms with E-state index in [2.05, 4.69) is 24.8 Å². The first-order valence-corrected chi connectivity index (χ1v) is 5.83. The number of aromatic nitrogens is 4. The summed E-state index contributed by atoms with van der Waals surface area (Å²) in [6, 6.07) is 0. The fourth-order valence-corrected chi connectivity index (χ4v) is 1.92. The molecule has 9 heteroatoms. The van der Waals surface area contributed by atoms with Crippen molar-refractivity contribution < 1.29 is 12.9 Å². The Morgan fingerprint density at radius 1 is 1.56 bits per heavy atom. The minimum Gasteiger partial charge on any atom is -0.340 e. The summed E-state index contributed by atoms with van der Waals surface area (Å²) < 4.78 is 30.2. The number of hydrogen-bond donors (Lipinski definition) is 2. The van der Waals surface area contributed by atoms with Crippen molar-refractivity contribution in [2.45, 2.75) is 18.5 Å². The molecule has 2 rings (SSSR count). The first kappa shape index (κ1) is 10.8. The van der Waals surface area contributed by atoms with Crippen LogP contribution in [-0.2, 0) is 16.6 Å². The van der Waals surface area contributed by atoms with Gasteiger partial charge < -0.3 is 9.51 Å². The van der Waals surface area contributed by atoms with Crippen LogP contribution in [0.2, 0.25) is 0 Å². The van der Waals surface area contributed by atoms with Crippen LogP contribution in [0, 0.1) is 6.92 Å². The summed E-state index contributed by atoms with van der Waals surface area (Å²) in [7, 11) is -3.60. The predicted octanol–water partition coefficient (Wildman–Crippen LogP) is -0.420. The maximum Gasteiger partial charge on any atom is 0.258 e. The predicted molar refractivity (Wildman–Crippen MR) is 51.6 cm³/mol. The third-order valence-corrected chi connectivity index (χ3v) is 3.08. The molecule has 0 aliphatic rings. The van der Waals surface area contributed by atoms with Crippen LogP contribution in [0.15, 0.2) is 22.1 Å². The molecule has 2 aromatic heterocycles. The van der Waals surface area contributed by atoms with Gasteiger partial charge in [0, 0.05) is 6.92 Å². The van der Waals surface area contributed by atoms with Gasteiger partial charge in [0.05, 0.1) is 19.1 Å². The van der Waals surface area contributed by atoms with Crippen LogP contribution in [0.3, 0.4) is 0 Å². The van der Waals surface area contributed by atoms with E-state index in [1.165, 1.54) is 12.5 Å². The molecule has 86 valence electrons. The first-order chi connectivity index (χ1) is 7.58. The zero-order valence-corrected chi connectivity index (χ0v) is 9.15. The Morgan fingerprint density at radius 3 is 2.94 bits per heavy atom. The van der Waals surface area contributed by atoms with Gasteiger partial charge in [0.1, 0.15) is 0 Å². The molecule has 0 amide bonds. The topological polar surface area (TPSA) is 114 Å².